The number of nitrogens with two attached hydrogens (primary N) is 1. The van der Waals surface area contributed by atoms with Crippen LogP contribution in [0.3, 0.4) is 0 Å². The van der Waals surface area contributed by atoms with Crippen LogP contribution < -0.4 is 5.32 Å². The normalized spacial score (nSPS) is 11.9. The van der Waals surface area contributed by atoms with Gasteiger partial charge in [0.1, 0.15) is 0 Å². The Bertz CT molecular complexity index is 309. The van der Waals surface area contributed by atoms with Crippen LogP contribution in [0.15, 0.2) is 0 Å². The molecular formula is C13H28F3NO3S. The summed E-state index contributed by atoms with van der Waals surface area (Å²) < 4.78 is 58.9. The summed E-state index contributed by atoms with van der Waals surface area (Å²) in [5.41, 5.74) is -5.65. The number of alkyl halides is 3. The second-order valence-corrected chi connectivity index (χ2v) is 6.26. The lowest BCUT2D eigenvalue weighted by Crippen LogP contribution is -2.84. The highest BCUT2D eigenvalue weighted by molar-refractivity contribution is 7.86. The molecule has 0 spiro atoms. The fourth-order valence-corrected chi connectivity index (χ4v) is 1.56. The van der Waals surface area contributed by atoms with Crippen LogP contribution in [0.5, 0.6) is 0 Å². The molecule has 0 radical (unpaired) electrons. The number of hydrogen-bond donors (Lipinski definition) is 1. The van der Waals surface area contributed by atoms with Crippen LogP contribution in [0.1, 0.15) is 65.2 Å². The van der Waals surface area contributed by atoms with E-state index in [4.69, 9.17) is 13.0 Å². The van der Waals surface area contributed by atoms with Gasteiger partial charge < -0.3 is 9.87 Å². The molecule has 0 saturated carbocycles. The van der Waals surface area contributed by atoms with Crippen LogP contribution in [0.2, 0.25) is 0 Å². The second kappa shape index (κ2) is 13.3. The maximum absolute atomic E-state index is 10.7. The molecule has 0 fully saturated rings. The standard InChI is InChI=1S/C12H27N.CHF3O3S/c1-3-5-7-8-9-10-12-13-11-6-4-2;2-1(3,4)8(5,6)7/h13H,3-12H2,1-2H3;(H,5,6,7). The van der Waals surface area contributed by atoms with Gasteiger partial charge in [-0.25, -0.2) is 8.42 Å². The first-order chi connectivity index (χ1) is 9.66. The SMILES string of the molecule is CCCCCCCC[NH2+]CCCC.O=S(=O)([O-])C(F)(F)F. The first kappa shape index (κ1) is 22.9. The van der Waals surface area contributed by atoms with Gasteiger partial charge in [-0.05, 0) is 19.3 Å². The van der Waals surface area contributed by atoms with Gasteiger partial charge in [0, 0.05) is 0 Å². The Kier molecular flexibility index (Phi) is 14.6. The predicted octanol–water partition coefficient (Wildman–Crippen LogP) is 2.76. The Labute approximate surface area is 126 Å². The molecule has 0 bridgehead atoms. The summed E-state index contributed by atoms with van der Waals surface area (Å²) in [7, 11) is -6.09. The van der Waals surface area contributed by atoms with Gasteiger partial charge in [0.2, 0.25) is 0 Å². The first-order valence-electron chi connectivity index (χ1n) is 7.50. The van der Waals surface area contributed by atoms with Gasteiger partial charge in [-0.2, -0.15) is 13.2 Å². The van der Waals surface area contributed by atoms with Crippen molar-refractivity contribution >= 4 is 10.1 Å². The van der Waals surface area contributed by atoms with Gasteiger partial charge in [-0.15, -0.1) is 0 Å². The molecule has 0 aliphatic heterocycles. The highest BCUT2D eigenvalue weighted by atomic mass is 32.2. The van der Waals surface area contributed by atoms with Crippen molar-refractivity contribution in [1.29, 1.82) is 0 Å². The third-order valence-electron chi connectivity index (χ3n) is 2.81. The number of quaternary nitrogens is 1. The van der Waals surface area contributed by atoms with Crippen LogP contribution in [0.4, 0.5) is 13.2 Å². The summed E-state index contributed by atoms with van der Waals surface area (Å²) in [5, 5.41) is 2.48. The molecule has 0 aromatic carbocycles. The zero-order chi connectivity index (χ0) is 16.8. The van der Waals surface area contributed by atoms with E-state index in [9.17, 15) is 13.2 Å². The number of rotatable bonds is 10. The van der Waals surface area contributed by atoms with Gasteiger partial charge in [-0.3, -0.25) is 0 Å². The number of unbranched alkanes of at least 4 members (excludes halogenated alkanes) is 6. The van der Waals surface area contributed by atoms with Gasteiger partial charge >= 0.3 is 5.51 Å². The van der Waals surface area contributed by atoms with E-state index in [1.54, 1.807) is 0 Å². The smallest absolute Gasteiger partial charge is 0.485 e. The number of halogens is 3. The fraction of sp³-hybridized carbons (Fsp3) is 1.00. The van der Waals surface area contributed by atoms with E-state index < -0.39 is 15.6 Å². The van der Waals surface area contributed by atoms with Gasteiger partial charge in [0.15, 0.2) is 10.1 Å². The van der Waals surface area contributed by atoms with Gasteiger partial charge in [0.05, 0.1) is 13.1 Å². The molecule has 0 unspecified atom stereocenters. The molecule has 0 rings (SSSR count). The van der Waals surface area contributed by atoms with Crippen molar-refractivity contribution in [3.63, 3.8) is 0 Å². The average molecular weight is 335 g/mol. The van der Waals surface area contributed by atoms with E-state index in [1.165, 1.54) is 64.5 Å². The van der Waals surface area contributed by atoms with E-state index in [0.717, 1.165) is 0 Å². The zero-order valence-electron chi connectivity index (χ0n) is 12.9. The molecule has 2 N–H and O–H groups in total. The average Bonchev–Trinajstić information content (AvgIpc) is 2.35. The predicted molar refractivity (Wildman–Crippen MR) is 75.7 cm³/mol. The largest absolute Gasteiger partial charge is 0.741 e. The minimum absolute atomic E-state index is 1.34. The Hall–Kier alpha value is -0.340. The highest BCUT2D eigenvalue weighted by Crippen LogP contribution is 2.20. The lowest BCUT2D eigenvalue weighted by molar-refractivity contribution is -0.655. The minimum atomic E-state index is -6.09. The molecule has 0 saturated heterocycles. The molecular weight excluding hydrogens is 307 g/mol. The summed E-state index contributed by atoms with van der Waals surface area (Å²) >= 11 is 0. The van der Waals surface area contributed by atoms with Gasteiger partial charge in [0.25, 0.3) is 0 Å². The molecule has 0 aliphatic rings. The fourth-order valence-electron chi connectivity index (χ4n) is 1.56. The van der Waals surface area contributed by atoms with Crippen molar-refractivity contribution in [1.82, 2.24) is 0 Å². The van der Waals surface area contributed by atoms with E-state index in [-0.39, 0.29) is 0 Å². The van der Waals surface area contributed by atoms with E-state index >= 15 is 0 Å². The summed E-state index contributed by atoms with van der Waals surface area (Å²) in [6.07, 6.45) is 11.3. The third-order valence-corrected chi connectivity index (χ3v) is 3.37. The molecule has 0 aromatic rings. The van der Waals surface area contributed by atoms with E-state index in [1.807, 2.05) is 0 Å². The Morgan fingerprint density at radius 1 is 0.857 bits per heavy atom. The monoisotopic (exact) mass is 335 g/mol. The first-order valence-corrected chi connectivity index (χ1v) is 8.91. The molecule has 130 valence electrons. The summed E-state index contributed by atoms with van der Waals surface area (Å²) in [4.78, 5) is 0. The van der Waals surface area contributed by atoms with Crippen molar-refractivity contribution in [2.45, 2.75) is 70.7 Å². The van der Waals surface area contributed by atoms with Crippen LogP contribution in [-0.4, -0.2) is 31.6 Å². The number of hydrogen-bond acceptors (Lipinski definition) is 3. The Balaban J connectivity index is 0. The molecule has 0 atom stereocenters. The zero-order valence-corrected chi connectivity index (χ0v) is 13.7. The van der Waals surface area contributed by atoms with E-state index in [2.05, 4.69) is 19.2 Å². The lowest BCUT2D eigenvalue weighted by atomic mass is 10.1. The molecule has 0 amide bonds. The maximum Gasteiger partial charge on any atom is 0.485 e. The Morgan fingerprint density at radius 3 is 1.67 bits per heavy atom. The molecule has 0 aliphatic carbocycles. The van der Waals surface area contributed by atoms with Crippen molar-refractivity contribution in [2.24, 2.45) is 0 Å². The van der Waals surface area contributed by atoms with Crippen molar-refractivity contribution in [3.05, 3.63) is 0 Å². The molecule has 0 aromatic heterocycles. The van der Waals surface area contributed by atoms with Crippen molar-refractivity contribution < 1.29 is 31.5 Å². The lowest BCUT2D eigenvalue weighted by Gasteiger charge is -2.08. The highest BCUT2D eigenvalue weighted by Gasteiger charge is 2.36. The van der Waals surface area contributed by atoms with Crippen molar-refractivity contribution in [3.8, 4) is 0 Å². The molecule has 0 heterocycles. The molecule has 4 nitrogen and oxygen atoms in total. The van der Waals surface area contributed by atoms with Crippen LogP contribution in [-0.2, 0) is 10.1 Å². The van der Waals surface area contributed by atoms with Crippen LogP contribution >= 0.6 is 0 Å². The quantitative estimate of drug-likeness (QED) is 0.379. The summed E-state index contributed by atoms with van der Waals surface area (Å²) in [6, 6.07) is 0. The van der Waals surface area contributed by atoms with Crippen molar-refractivity contribution in [2.75, 3.05) is 13.1 Å². The minimum Gasteiger partial charge on any atom is -0.741 e. The Morgan fingerprint density at radius 2 is 1.24 bits per heavy atom. The molecule has 8 heteroatoms. The molecule has 21 heavy (non-hydrogen) atoms. The van der Waals surface area contributed by atoms with Gasteiger partial charge in [-0.1, -0.05) is 46.0 Å². The maximum atomic E-state index is 10.7. The summed E-state index contributed by atoms with van der Waals surface area (Å²) in [5.74, 6) is 0. The van der Waals surface area contributed by atoms with E-state index in [0.29, 0.717) is 0 Å². The second-order valence-electron chi connectivity index (χ2n) is 4.89. The topological polar surface area (TPSA) is 73.8 Å². The third kappa shape index (κ3) is 17.6. The van der Waals surface area contributed by atoms with Crippen LogP contribution in [0.25, 0.3) is 0 Å². The van der Waals surface area contributed by atoms with Crippen LogP contribution in [0, 0.1) is 0 Å². The summed E-state index contributed by atoms with van der Waals surface area (Å²) in [6.45, 7) is 7.23.